The van der Waals surface area contributed by atoms with Crippen molar-refractivity contribution in [2.45, 2.75) is 0 Å². The fourth-order valence-corrected chi connectivity index (χ4v) is 2.11. The van der Waals surface area contributed by atoms with Gasteiger partial charge >= 0.3 is 6.03 Å². The van der Waals surface area contributed by atoms with Crippen molar-refractivity contribution in [3.05, 3.63) is 39.8 Å². The molecular formula is C10H7Cl2N3OS. The van der Waals surface area contributed by atoms with Gasteiger partial charge in [-0.2, -0.15) is 0 Å². The maximum atomic E-state index is 11.6. The molecule has 0 aliphatic heterocycles. The zero-order valence-corrected chi connectivity index (χ0v) is 10.7. The predicted molar refractivity (Wildman–Crippen MR) is 71.2 cm³/mol. The SMILES string of the molecule is O=C(Nc1nccs1)Nc1ccc(Cl)cc1Cl. The number of thiazole rings is 1. The van der Waals surface area contributed by atoms with E-state index in [0.717, 1.165) is 0 Å². The first kappa shape index (κ1) is 12.2. The number of aromatic nitrogens is 1. The molecule has 1 heterocycles. The molecule has 2 rings (SSSR count). The molecule has 2 amide bonds. The minimum absolute atomic E-state index is 0.381. The van der Waals surface area contributed by atoms with E-state index in [1.807, 2.05) is 0 Å². The van der Waals surface area contributed by atoms with Crippen molar-refractivity contribution in [2.75, 3.05) is 10.6 Å². The molecule has 0 radical (unpaired) electrons. The first-order chi connectivity index (χ1) is 8.15. The van der Waals surface area contributed by atoms with E-state index in [2.05, 4.69) is 15.6 Å². The highest BCUT2D eigenvalue weighted by Gasteiger charge is 2.07. The summed E-state index contributed by atoms with van der Waals surface area (Å²) in [6.45, 7) is 0. The van der Waals surface area contributed by atoms with Crippen molar-refractivity contribution in [2.24, 2.45) is 0 Å². The number of hydrogen-bond donors (Lipinski definition) is 2. The zero-order valence-electron chi connectivity index (χ0n) is 8.41. The molecule has 0 aliphatic carbocycles. The number of amides is 2. The van der Waals surface area contributed by atoms with E-state index < -0.39 is 6.03 Å². The van der Waals surface area contributed by atoms with Crippen LogP contribution in [0.4, 0.5) is 15.6 Å². The molecule has 0 atom stereocenters. The maximum absolute atomic E-state index is 11.6. The summed E-state index contributed by atoms with van der Waals surface area (Å²) in [5.41, 5.74) is 0.491. The second-order valence-electron chi connectivity index (χ2n) is 3.04. The summed E-state index contributed by atoms with van der Waals surface area (Å²) in [5, 5.41) is 8.37. The average Bonchev–Trinajstić information content (AvgIpc) is 2.75. The molecule has 4 nitrogen and oxygen atoms in total. The van der Waals surface area contributed by atoms with E-state index in [1.54, 1.807) is 29.8 Å². The molecule has 17 heavy (non-hydrogen) atoms. The molecule has 0 saturated carbocycles. The number of carbonyl (C=O) groups excluding carboxylic acids is 1. The van der Waals surface area contributed by atoms with Crippen molar-refractivity contribution in [1.82, 2.24) is 4.98 Å². The highest BCUT2D eigenvalue weighted by molar-refractivity contribution is 7.13. The van der Waals surface area contributed by atoms with Crippen LogP contribution >= 0.6 is 34.5 Å². The minimum atomic E-state index is -0.399. The number of anilines is 2. The van der Waals surface area contributed by atoms with Crippen molar-refractivity contribution in [1.29, 1.82) is 0 Å². The molecule has 7 heteroatoms. The highest BCUT2D eigenvalue weighted by atomic mass is 35.5. The van der Waals surface area contributed by atoms with Gasteiger partial charge in [0.2, 0.25) is 0 Å². The number of hydrogen-bond acceptors (Lipinski definition) is 3. The quantitative estimate of drug-likeness (QED) is 0.874. The topological polar surface area (TPSA) is 54.0 Å². The molecule has 2 aromatic rings. The monoisotopic (exact) mass is 287 g/mol. The number of nitrogens with zero attached hydrogens (tertiary/aromatic N) is 1. The van der Waals surface area contributed by atoms with Crippen LogP contribution in [0.2, 0.25) is 10.0 Å². The molecule has 88 valence electrons. The van der Waals surface area contributed by atoms with Gasteiger partial charge < -0.3 is 5.32 Å². The van der Waals surface area contributed by atoms with Crippen LogP contribution in [0.25, 0.3) is 0 Å². The summed E-state index contributed by atoms with van der Waals surface area (Å²) < 4.78 is 0. The Labute approximate surface area is 112 Å². The van der Waals surface area contributed by atoms with Crippen molar-refractivity contribution in [3.63, 3.8) is 0 Å². The Hall–Kier alpha value is -1.30. The molecule has 1 aromatic carbocycles. The Balaban J connectivity index is 2.03. The highest BCUT2D eigenvalue weighted by Crippen LogP contribution is 2.25. The van der Waals surface area contributed by atoms with Crippen LogP contribution in [0.1, 0.15) is 0 Å². The largest absolute Gasteiger partial charge is 0.325 e. The number of urea groups is 1. The maximum Gasteiger partial charge on any atom is 0.325 e. The van der Waals surface area contributed by atoms with Gasteiger partial charge in [-0.25, -0.2) is 9.78 Å². The first-order valence-corrected chi connectivity index (χ1v) is 6.21. The van der Waals surface area contributed by atoms with Crippen molar-refractivity contribution >= 4 is 51.4 Å². The molecule has 0 unspecified atom stereocenters. The van der Waals surface area contributed by atoms with Gasteiger partial charge in [0, 0.05) is 16.6 Å². The lowest BCUT2D eigenvalue weighted by Crippen LogP contribution is -2.19. The van der Waals surface area contributed by atoms with Crippen LogP contribution in [0.5, 0.6) is 0 Å². The fraction of sp³-hybridized carbons (Fsp3) is 0. The number of halogens is 2. The number of benzene rings is 1. The standard InChI is InChI=1S/C10H7Cl2N3OS/c11-6-1-2-8(7(12)5-6)14-9(16)15-10-13-3-4-17-10/h1-5H,(H2,13,14,15,16). The summed E-state index contributed by atoms with van der Waals surface area (Å²) in [6.07, 6.45) is 1.61. The molecule has 1 aromatic heterocycles. The normalized spacial score (nSPS) is 10.0. The third-order valence-electron chi connectivity index (χ3n) is 1.83. The zero-order chi connectivity index (χ0) is 12.3. The lowest BCUT2D eigenvalue weighted by molar-refractivity contribution is 0.262. The van der Waals surface area contributed by atoms with Gasteiger partial charge in [-0.05, 0) is 18.2 Å². The lowest BCUT2D eigenvalue weighted by Gasteiger charge is -2.07. The van der Waals surface area contributed by atoms with Crippen LogP contribution in [-0.4, -0.2) is 11.0 Å². The van der Waals surface area contributed by atoms with Crippen LogP contribution < -0.4 is 10.6 Å². The molecule has 0 spiro atoms. The summed E-state index contributed by atoms with van der Waals surface area (Å²) in [5.74, 6) is 0. The Morgan fingerprint density at radius 3 is 2.76 bits per heavy atom. The summed E-state index contributed by atoms with van der Waals surface area (Å²) >= 11 is 13.0. The third-order valence-corrected chi connectivity index (χ3v) is 3.07. The van der Waals surface area contributed by atoms with Gasteiger partial charge in [-0.3, -0.25) is 5.32 Å². The molecule has 0 saturated heterocycles. The van der Waals surface area contributed by atoms with Gasteiger partial charge in [0.25, 0.3) is 0 Å². The summed E-state index contributed by atoms with van der Waals surface area (Å²) in [4.78, 5) is 15.5. The Bertz CT molecular complexity index is 530. The minimum Gasteiger partial charge on any atom is -0.306 e. The van der Waals surface area contributed by atoms with E-state index in [4.69, 9.17) is 23.2 Å². The van der Waals surface area contributed by atoms with E-state index >= 15 is 0 Å². The Morgan fingerprint density at radius 1 is 1.29 bits per heavy atom. The fourth-order valence-electron chi connectivity index (χ4n) is 1.13. The van der Waals surface area contributed by atoms with Crippen molar-refractivity contribution in [3.8, 4) is 0 Å². The summed E-state index contributed by atoms with van der Waals surface area (Å²) in [6, 6.07) is 4.44. The molecule has 2 N–H and O–H groups in total. The third kappa shape index (κ3) is 3.33. The second-order valence-corrected chi connectivity index (χ2v) is 4.78. The average molecular weight is 288 g/mol. The molecule has 0 aliphatic rings. The molecule has 0 bridgehead atoms. The van der Waals surface area contributed by atoms with E-state index in [1.165, 1.54) is 11.3 Å². The van der Waals surface area contributed by atoms with E-state index in [-0.39, 0.29) is 0 Å². The predicted octanol–water partition coefficient (Wildman–Crippen LogP) is 4.09. The van der Waals surface area contributed by atoms with E-state index in [9.17, 15) is 4.79 Å². The smallest absolute Gasteiger partial charge is 0.306 e. The first-order valence-electron chi connectivity index (χ1n) is 4.58. The van der Waals surface area contributed by atoms with Gasteiger partial charge in [0.05, 0.1) is 10.7 Å². The van der Waals surface area contributed by atoms with Gasteiger partial charge in [-0.1, -0.05) is 23.2 Å². The molecular weight excluding hydrogens is 281 g/mol. The Kier molecular flexibility index (Phi) is 3.83. The van der Waals surface area contributed by atoms with Gasteiger partial charge in [0.15, 0.2) is 5.13 Å². The lowest BCUT2D eigenvalue weighted by atomic mass is 10.3. The number of carbonyl (C=O) groups is 1. The van der Waals surface area contributed by atoms with Gasteiger partial charge in [0.1, 0.15) is 0 Å². The molecule has 0 fully saturated rings. The van der Waals surface area contributed by atoms with Gasteiger partial charge in [-0.15, -0.1) is 11.3 Å². The van der Waals surface area contributed by atoms with Crippen LogP contribution in [0, 0.1) is 0 Å². The number of rotatable bonds is 2. The summed E-state index contributed by atoms with van der Waals surface area (Å²) in [7, 11) is 0. The van der Waals surface area contributed by atoms with E-state index in [0.29, 0.717) is 20.9 Å². The Morgan fingerprint density at radius 2 is 2.12 bits per heavy atom. The van der Waals surface area contributed by atoms with Crippen LogP contribution in [0.15, 0.2) is 29.8 Å². The van der Waals surface area contributed by atoms with Crippen LogP contribution in [-0.2, 0) is 0 Å². The van der Waals surface area contributed by atoms with Crippen molar-refractivity contribution < 1.29 is 4.79 Å². The second kappa shape index (κ2) is 5.35. The number of nitrogens with one attached hydrogen (secondary N) is 2. The van der Waals surface area contributed by atoms with Crippen LogP contribution in [0.3, 0.4) is 0 Å².